The Morgan fingerprint density at radius 3 is 2.65 bits per heavy atom. The van der Waals surface area contributed by atoms with Gasteiger partial charge in [0.25, 0.3) is 0 Å². The highest BCUT2D eigenvalue weighted by molar-refractivity contribution is 5.99. The number of carboxylic acid groups (broad SMARTS) is 1. The van der Waals surface area contributed by atoms with Crippen molar-refractivity contribution < 1.29 is 29.3 Å². The lowest BCUT2D eigenvalue weighted by Gasteiger charge is -2.44. The van der Waals surface area contributed by atoms with E-state index < -0.39 is 24.1 Å². The Morgan fingerprint density at radius 2 is 2.13 bits per heavy atom. The molecular weight excluding hydrogens is 306 g/mol. The molecule has 0 aromatic rings. The minimum atomic E-state index is -1.20. The lowest BCUT2D eigenvalue weighted by Crippen LogP contribution is -2.61. The Bertz CT molecular complexity index is 559. The molecule has 0 bridgehead atoms. The van der Waals surface area contributed by atoms with Gasteiger partial charge in [-0.3, -0.25) is 15.0 Å². The Labute approximate surface area is 133 Å². The number of hydrogen-bond acceptors (Lipinski definition) is 6. The number of carbonyl (C=O) groups excluding carboxylic acids is 2. The molecule has 2 aliphatic heterocycles. The quantitative estimate of drug-likeness (QED) is 0.197. The zero-order valence-corrected chi connectivity index (χ0v) is 13.0. The standard InChI is InChI=1S/C14H21N3O6/c1-6(3-10(19)16-15)23-5-8-4-9-11(7(2)18)13(20)17(9)12(8)14(21)22/h6-7,9,11,18H,3-5,15H2,1-2H3,(H,16,19)(H,21,22). The number of carbonyl (C=O) groups is 3. The summed E-state index contributed by atoms with van der Waals surface area (Å²) in [6.45, 7) is 3.19. The van der Waals surface area contributed by atoms with E-state index in [0.717, 1.165) is 0 Å². The number of aliphatic carboxylic acids is 1. The number of aliphatic hydroxyl groups is 1. The molecule has 9 heteroatoms. The lowest BCUT2D eigenvalue weighted by atomic mass is 9.83. The van der Waals surface area contributed by atoms with Crippen molar-refractivity contribution in [1.29, 1.82) is 0 Å². The summed E-state index contributed by atoms with van der Waals surface area (Å²) >= 11 is 0. The number of nitrogens with one attached hydrogen (secondary N) is 1. The summed E-state index contributed by atoms with van der Waals surface area (Å²) in [5, 5.41) is 19.0. The summed E-state index contributed by atoms with van der Waals surface area (Å²) in [5.74, 6) is 2.45. The molecule has 2 rings (SSSR count). The molecule has 0 aromatic heterocycles. The molecule has 2 aliphatic rings. The van der Waals surface area contributed by atoms with Gasteiger partial charge in [0.05, 0.1) is 37.2 Å². The summed E-state index contributed by atoms with van der Waals surface area (Å²) in [6.07, 6.45) is -0.878. The highest BCUT2D eigenvalue weighted by Crippen LogP contribution is 2.43. The molecule has 23 heavy (non-hydrogen) atoms. The third kappa shape index (κ3) is 3.21. The maximum absolute atomic E-state index is 12.0. The van der Waals surface area contributed by atoms with Crippen LogP contribution in [0.15, 0.2) is 11.3 Å². The SMILES string of the molecule is CC(CC(=O)NN)OCC1=C(C(=O)O)N2C(=O)C(C(C)O)C2C1. The van der Waals surface area contributed by atoms with Crippen LogP contribution in [0, 0.1) is 5.92 Å². The summed E-state index contributed by atoms with van der Waals surface area (Å²) in [5.41, 5.74) is 2.40. The number of β-lactam (4-membered cyclic amide) rings is 1. The van der Waals surface area contributed by atoms with Crippen LogP contribution in [0.2, 0.25) is 0 Å². The van der Waals surface area contributed by atoms with E-state index in [9.17, 15) is 24.6 Å². The van der Waals surface area contributed by atoms with Crippen molar-refractivity contribution in [2.45, 2.75) is 44.9 Å². The number of carboxylic acids is 1. The molecular formula is C14H21N3O6. The molecule has 0 radical (unpaired) electrons. The summed E-state index contributed by atoms with van der Waals surface area (Å²) in [4.78, 5) is 35.9. The van der Waals surface area contributed by atoms with Gasteiger partial charge in [0.15, 0.2) is 0 Å². The van der Waals surface area contributed by atoms with Crippen LogP contribution in [0.4, 0.5) is 0 Å². The van der Waals surface area contributed by atoms with E-state index in [1.807, 2.05) is 5.43 Å². The van der Waals surface area contributed by atoms with E-state index in [1.54, 1.807) is 6.92 Å². The van der Waals surface area contributed by atoms with E-state index in [0.29, 0.717) is 12.0 Å². The first-order chi connectivity index (χ1) is 10.8. The molecule has 4 unspecified atom stereocenters. The molecule has 9 nitrogen and oxygen atoms in total. The summed E-state index contributed by atoms with van der Waals surface area (Å²) in [6, 6.07) is -0.338. The van der Waals surface area contributed by atoms with Gasteiger partial charge in [-0.2, -0.15) is 0 Å². The molecule has 1 saturated heterocycles. The van der Waals surface area contributed by atoms with Crippen LogP contribution < -0.4 is 11.3 Å². The average molecular weight is 327 g/mol. The second-order valence-corrected chi connectivity index (χ2v) is 5.90. The molecule has 4 atom stereocenters. The third-order valence-corrected chi connectivity index (χ3v) is 4.20. The first kappa shape index (κ1) is 17.4. The van der Waals surface area contributed by atoms with Gasteiger partial charge in [0.1, 0.15) is 5.70 Å². The van der Waals surface area contributed by atoms with Gasteiger partial charge in [-0.15, -0.1) is 0 Å². The highest BCUT2D eigenvalue weighted by Gasteiger charge is 2.56. The zero-order chi connectivity index (χ0) is 17.3. The fraction of sp³-hybridized carbons (Fsp3) is 0.643. The minimum Gasteiger partial charge on any atom is -0.477 e. The molecule has 0 saturated carbocycles. The Kier molecular flexibility index (Phi) is 5.03. The van der Waals surface area contributed by atoms with Crippen molar-refractivity contribution in [2.75, 3.05) is 6.61 Å². The van der Waals surface area contributed by atoms with Gasteiger partial charge in [-0.05, 0) is 25.8 Å². The average Bonchev–Trinajstić information content (AvgIpc) is 2.79. The van der Waals surface area contributed by atoms with Crippen molar-refractivity contribution in [2.24, 2.45) is 11.8 Å². The van der Waals surface area contributed by atoms with Crippen LogP contribution in [0.1, 0.15) is 26.7 Å². The summed E-state index contributed by atoms with van der Waals surface area (Å²) in [7, 11) is 0. The van der Waals surface area contributed by atoms with Crippen molar-refractivity contribution in [3.8, 4) is 0 Å². The first-order valence-electron chi connectivity index (χ1n) is 7.35. The molecule has 128 valence electrons. The number of amides is 2. The summed E-state index contributed by atoms with van der Waals surface area (Å²) < 4.78 is 5.50. The maximum atomic E-state index is 12.0. The Hall–Kier alpha value is -1.97. The van der Waals surface area contributed by atoms with Crippen LogP contribution >= 0.6 is 0 Å². The number of fused-ring (bicyclic) bond motifs is 1. The lowest BCUT2D eigenvalue weighted by molar-refractivity contribution is -0.161. The van der Waals surface area contributed by atoms with E-state index in [1.165, 1.54) is 11.8 Å². The Morgan fingerprint density at radius 1 is 1.48 bits per heavy atom. The van der Waals surface area contributed by atoms with E-state index >= 15 is 0 Å². The monoisotopic (exact) mass is 327 g/mol. The van der Waals surface area contributed by atoms with Gasteiger partial charge in [0, 0.05) is 0 Å². The van der Waals surface area contributed by atoms with Gasteiger partial charge in [-0.25, -0.2) is 10.6 Å². The van der Waals surface area contributed by atoms with Crippen molar-refractivity contribution >= 4 is 17.8 Å². The van der Waals surface area contributed by atoms with Crippen molar-refractivity contribution in [3.63, 3.8) is 0 Å². The van der Waals surface area contributed by atoms with Gasteiger partial charge in [-0.1, -0.05) is 0 Å². The van der Waals surface area contributed by atoms with Crippen LogP contribution in [0.5, 0.6) is 0 Å². The molecule has 2 heterocycles. The number of rotatable bonds is 7. The third-order valence-electron chi connectivity index (χ3n) is 4.20. The predicted molar refractivity (Wildman–Crippen MR) is 77.4 cm³/mol. The van der Waals surface area contributed by atoms with E-state index in [2.05, 4.69) is 0 Å². The number of ether oxygens (including phenoxy) is 1. The Balaban J connectivity index is 2.05. The molecule has 0 aromatic carbocycles. The smallest absolute Gasteiger partial charge is 0.352 e. The topological polar surface area (TPSA) is 142 Å². The number of nitrogens with zero attached hydrogens (tertiary/aromatic N) is 1. The fourth-order valence-electron chi connectivity index (χ4n) is 3.11. The van der Waals surface area contributed by atoms with E-state index in [-0.39, 0.29) is 36.6 Å². The second kappa shape index (κ2) is 6.65. The molecule has 0 spiro atoms. The van der Waals surface area contributed by atoms with Gasteiger partial charge < -0.3 is 19.8 Å². The predicted octanol–water partition coefficient (Wildman–Crippen LogP) is -1.28. The van der Waals surface area contributed by atoms with Gasteiger partial charge >= 0.3 is 5.97 Å². The normalized spacial score (nSPS) is 25.7. The number of nitrogens with two attached hydrogens (primary N) is 1. The zero-order valence-electron chi connectivity index (χ0n) is 13.0. The molecule has 5 N–H and O–H groups in total. The van der Waals surface area contributed by atoms with Crippen LogP contribution in [-0.4, -0.2) is 57.8 Å². The van der Waals surface area contributed by atoms with Crippen molar-refractivity contribution in [3.05, 3.63) is 11.3 Å². The highest BCUT2D eigenvalue weighted by atomic mass is 16.5. The molecule has 2 amide bonds. The largest absolute Gasteiger partial charge is 0.477 e. The van der Waals surface area contributed by atoms with Crippen LogP contribution in [0.25, 0.3) is 0 Å². The molecule has 1 fully saturated rings. The second-order valence-electron chi connectivity index (χ2n) is 5.90. The number of aliphatic hydroxyl groups excluding tert-OH is 1. The maximum Gasteiger partial charge on any atom is 0.352 e. The van der Waals surface area contributed by atoms with Crippen LogP contribution in [-0.2, 0) is 19.1 Å². The van der Waals surface area contributed by atoms with E-state index in [4.69, 9.17) is 10.6 Å². The number of hydrazine groups is 1. The minimum absolute atomic E-state index is 0.00740. The van der Waals surface area contributed by atoms with Crippen LogP contribution in [0.3, 0.4) is 0 Å². The first-order valence-corrected chi connectivity index (χ1v) is 7.35. The fourth-order valence-corrected chi connectivity index (χ4v) is 3.11. The van der Waals surface area contributed by atoms with Gasteiger partial charge in [0.2, 0.25) is 11.8 Å². The van der Waals surface area contributed by atoms with Crippen molar-refractivity contribution in [1.82, 2.24) is 10.3 Å². The number of hydrogen-bond donors (Lipinski definition) is 4. The molecule has 0 aliphatic carbocycles.